The average molecular weight is 434 g/mol. The summed E-state index contributed by atoms with van der Waals surface area (Å²) >= 11 is 0. The minimum atomic E-state index is -0.904. The van der Waals surface area contributed by atoms with Gasteiger partial charge in [0.2, 0.25) is 5.78 Å². The van der Waals surface area contributed by atoms with E-state index in [0.29, 0.717) is 49.8 Å². The Morgan fingerprint density at radius 2 is 2.09 bits per heavy atom. The van der Waals surface area contributed by atoms with Crippen LogP contribution in [0.4, 0.5) is 4.79 Å². The Hall–Kier alpha value is -3.85. The SMILES string of the molecule is COc1ccc2c(c1CN1CCN(C(=O)O)CC1)OC(=Cc1c[nH]c3ncccc13)C2=O. The Kier molecular flexibility index (Phi) is 5.02. The van der Waals surface area contributed by atoms with Crippen LogP contribution >= 0.6 is 0 Å². The molecule has 9 heteroatoms. The van der Waals surface area contributed by atoms with Crippen LogP contribution in [0.2, 0.25) is 0 Å². The van der Waals surface area contributed by atoms with E-state index in [1.54, 1.807) is 37.7 Å². The molecule has 1 aromatic carbocycles. The summed E-state index contributed by atoms with van der Waals surface area (Å²) < 4.78 is 11.6. The zero-order valence-corrected chi connectivity index (χ0v) is 17.5. The number of carboxylic acid groups (broad SMARTS) is 1. The molecule has 1 fully saturated rings. The molecule has 2 N–H and O–H groups in total. The molecule has 2 aliphatic heterocycles. The lowest BCUT2D eigenvalue weighted by Crippen LogP contribution is -2.47. The Morgan fingerprint density at radius 3 is 2.84 bits per heavy atom. The summed E-state index contributed by atoms with van der Waals surface area (Å²) in [4.78, 5) is 35.2. The second kappa shape index (κ2) is 8.01. The molecule has 0 atom stereocenters. The fourth-order valence-electron chi connectivity index (χ4n) is 4.19. The number of piperazine rings is 1. The van der Waals surface area contributed by atoms with Crippen molar-refractivity contribution in [3.8, 4) is 11.5 Å². The molecule has 0 saturated carbocycles. The van der Waals surface area contributed by atoms with Crippen molar-refractivity contribution in [2.45, 2.75) is 6.54 Å². The summed E-state index contributed by atoms with van der Waals surface area (Å²) in [5.41, 5.74) is 2.84. The van der Waals surface area contributed by atoms with Gasteiger partial charge in [0.05, 0.1) is 18.2 Å². The van der Waals surface area contributed by atoms with Gasteiger partial charge in [0.15, 0.2) is 5.76 Å². The normalized spacial score (nSPS) is 17.6. The van der Waals surface area contributed by atoms with E-state index >= 15 is 0 Å². The highest BCUT2D eigenvalue weighted by molar-refractivity contribution is 6.15. The van der Waals surface area contributed by atoms with E-state index < -0.39 is 6.09 Å². The van der Waals surface area contributed by atoms with Crippen LogP contribution < -0.4 is 9.47 Å². The average Bonchev–Trinajstić information content (AvgIpc) is 3.36. The summed E-state index contributed by atoms with van der Waals surface area (Å²) in [7, 11) is 1.58. The van der Waals surface area contributed by atoms with Crippen LogP contribution in [-0.2, 0) is 6.54 Å². The third kappa shape index (κ3) is 3.46. The molecular formula is C23H22N4O5. The van der Waals surface area contributed by atoms with E-state index in [0.717, 1.165) is 22.2 Å². The van der Waals surface area contributed by atoms with Gasteiger partial charge in [0.1, 0.15) is 17.1 Å². The van der Waals surface area contributed by atoms with Crippen LogP contribution in [0.25, 0.3) is 17.1 Å². The van der Waals surface area contributed by atoms with Gasteiger partial charge in [0, 0.05) is 56.1 Å². The highest BCUT2D eigenvalue weighted by Crippen LogP contribution is 2.41. The van der Waals surface area contributed by atoms with Gasteiger partial charge in [0.25, 0.3) is 0 Å². The molecule has 0 aliphatic carbocycles. The Bertz CT molecular complexity index is 1240. The summed E-state index contributed by atoms with van der Waals surface area (Å²) in [6, 6.07) is 7.28. The van der Waals surface area contributed by atoms with Crippen molar-refractivity contribution in [3.63, 3.8) is 0 Å². The Labute approximate surface area is 183 Å². The first kappa shape index (κ1) is 20.1. The first-order valence-electron chi connectivity index (χ1n) is 10.3. The van der Waals surface area contributed by atoms with Crippen molar-refractivity contribution in [2.24, 2.45) is 0 Å². The van der Waals surface area contributed by atoms with Crippen LogP contribution in [-0.4, -0.2) is 70.0 Å². The van der Waals surface area contributed by atoms with E-state index in [1.165, 1.54) is 4.90 Å². The number of H-pyrrole nitrogens is 1. The summed E-state index contributed by atoms with van der Waals surface area (Å²) in [6.07, 6.45) is 4.33. The lowest BCUT2D eigenvalue weighted by Gasteiger charge is -2.33. The van der Waals surface area contributed by atoms with Crippen LogP contribution in [0.15, 0.2) is 42.4 Å². The number of fused-ring (bicyclic) bond motifs is 2. The lowest BCUT2D eigenvalue weighted by molar-refractivity contribution is 0.101. The molecule has 164 valence electrons. The van der Waals surface area contributed by atoms with E-state index in [4.69, 9.17) is 9.47 Å². The number of Topliss-reactive ketones (excluding diaryl/α,β-unsaturated/α-hetero) is 1. The molecule has 32 heavy (non-hydrogen) atoms. The smallest absolute Gasteiger partial charge is 0.407 e. The summed E-state index contributed by atoms with van der Waals surface area (Å²) in [6.45, 7) is 2.56. The van der Waals surface area contributed by atoms with E-state index in [9.17, 15) is 14.7 Å². The molecule has 3 aromatic rings. The molecule has 2 aromatic heterocycles. The highest BCUT2D eigenvalue weighted by atomic mass is 16.5. The molecule has 1 saturated heterocycles. The fraction of sp³-hybridized carbons (Fsp3) is 0.261. The molecule has 4 heterocycles. The number of carbonyl (C=O) groups is 2. The molecule has 9 nitrogen and oxygen atoms in total. The van der Waals surface area contributed by atoms with Crippen molar-refractivity contribution < 1.29 is 24.2 Å². The fourth-order valence-corrected chi connectivity index (χ4v) is 4.19. The number of hydrogen-bond donors (Lipinski definition) is 2. The standard InChI is InChI=1S/C23H22N4O5/c1-31-18-5-4-16-20(28)19(11-14-12-25-22-15(14)3-2-6-24-22)32-21(16)17(18)13-26-7-9-27(10-8-26)23(29)30/h2-6,11-12H,7-10,13H2,1H3,(H,24,25)(H,29,30). The molecule has 0 bridgehead atoms. The van der Waals surface area contributed by atoms with Gasteiger partial charge >= 0.3 is 6.09 Å². The monoisotopic (exact) mass is 434 g/mol. The molecule has 0 radical (unpaired) electrons. The van der Waals surface area contributed by atoms with Crippen molar-refractivity contribution in [1.82, 2.24) is 19.8 Å². The molecular weight excluding hydrogens is 412 g/mol. The predicted octanol–water partition coefficient (Wildman–Crippen LogP) is 2.98. The quantitative estimate of drug-likeness (QED) is 0.608. The largest absolute Gasteiger partial charge is 0.496 e. The van der Waals surface area contributed by atoms with E-state index in [1.807, 2.05) is 12.1 Å². The second-order valence-corrected chi connectivity index (χ2v) is 7.75. The molecule has 5 rings (SSSR count). The number of nitrogens with zero attached hydrogens (tertiary/aromatic N) is 3. The number of aromatic nitrogens is 2. The molecule has 1 amide bonds. The minimum absolute atomic E-state index is 0.183. The number of amides is 1. The van der Waals surface area contributed by atoms with Crippen LogP contribution in [0.1, 0.15) is 21.5 Å². The van der Waals surface area contributed by atoms with Crippen molar-refractivity contribution >= 4 is 29.0 Å². The first-order valence-corrected chi connectivity index (χ1v) is 10.3. The van der Waals surface area contributed by atoms with E-state index in [-0.39, 0.29) is 11.5 Å². The van der Waals surface area contributed by atoms with Gasteiger partial charge in [-0.1, -0.05) is 0 Å². The third-order valence-electron chi connectivity index (χ3n) is 5.91. The first-order chi connectivity index (χ1) is 15.5. The maximum absolute atomic E-state index is 13.1. The van der Waals surface area contributed by atoms with Gasteiger partial charge in [-0.3, -0.25) is 9.69 Å². The number of methoxy groups -OCH3 is 1. The Balaban J connectivity index is 1.44. The number of aromatic amines is 1. The number of hydrogen-bond acceptors (Lipinski definition) is 6. The number of carbonyl (C=O) groups excluding carboxylic acids is 1. The van der Waals surface area contributed by atoms with Crippen LogP contribution in [0.5, 0.6) is 11.5 Å². The maximum Gasteiger partial charge on any atom is 0.407 e. The second-order valence-electron chi connectivity index (χ2n) is 7.75. The number of ether oxygens (including phenoxy) is 2. The summed E-state index contributed by atoms with van der Waals surface area (Å²) in [5.74, 6) is 1.20. The zero-order chi connectivity index (χ0) is 22.2. The number of nitrogens with one attached hydrogen (secondary N) is 1. The van der Waals surface area contributed by atoms with Crippen LogP contribution in [0, 0.1) is 0 Å². The van der Waals surface area contributed by atoms with Gasteiger partial charge < -0.3 is 24.5 Å². The number of allylic oxidation sites excluding steroid dienone is 1. The predicted molar refractivity (Wildman–Crippen MR) is 117 cm³/mol. The number of benzene rings is 1. The van der Waals surface area contributed by atoms with Gasteiger partial charge in [-0.2, -0.15) is 0 Å². The number of rotatable bonds is 4. The zero-order valence-electron chi connectivity index (χ0n) is 17.5. The van der Waals surface area contributed by atoms with Crippen LogP contribution in [0.3, 0.4) is 0 Å². The third-order valence-corrected chi connectivity index (χ3v) is 5.91. The van der Waals surface area contributed by atoms with Gasteiger partial charge in [-0.15, -0.1) is 0 Å². The topological polar surface area (TPSA) is 108 Å². The van der Waals surface area contributed by atoms with Crippen molar-refractivity contribution in [2.75, 3.05) is 33.3 Å². The number of pyridine rings is 1. The van der Waals surface area contributed by atoms with Crippen molar-refractivity contribution in [1.29, 1.82) is 0 Å². The lowest BCUT2D eigenvalue weighted by atomic mass is 10.0. The van der Waals surface area contributed by atoms with Gasteiger partial charge in [-0.05, 0) is 30.3 Å². The van der Waals surface area contributed by atoms with Gasteiger partial charge in [-0.25, -0.2) is 9.78 Å². The minimum Gasteiger partial charge on any atom is -0.496 e. The molecule has 0 unspecified atom stereocenters. The highest BCUT2D eigenvalue weighted by Gasteiger charge is 2.33. The Morgan fingerprint density at radius 1 is 1.28 bits per heavy atom. The summed E-state index contributed by atoms with van der Waals surface area (Å²) in [5, 5.41) is 10.1. The maximum atomic E-state index is 13.1. The molecule has 2 aliphatic rings. The number of ketones is 1. The molecule has 0 spiro atoms. The van der Waals surface area contributed by atoms with Crippen molar-refractivity contribution in [3.05, 3.63) is 59.1 Å². The van der Waals surface area contributed by atoms with E-state index in [2.05, 4.69) is 14.9 Å².